The van der Waals surface area contributed by atoms with Gasteiger partial charge in [-0.3, -0.25) is 9.20 Å². The molecular weight excluding hydrogens is 364 g/mol. The Bertz CT molecular complexity index is 941. The zero-order valence-electron chi connectivity index (χ0n) is 15.1. The molecular formula is C20H21ClN4O2. The molecule has 2 unspecified atom stereocenters. The monoisotopic (exact) mass is 384 g/mol. The quantitative estimate of drug-likeness (QED) is 0.690. The highest BCUT2D eigenvalue weighted by molar-refractivity contribution is 6.30. The molecule has 0 radical (unpaired) electrons. The van der Waals surface area contributed by atoms with Crippen LogP contribution in [0.25, 0.3) is 5.65 Å². The zero-order valence-corrected chi connectivity index (χ0v) is 15.8. The third-order valence-corrected chi connectivity index (χ3v) is 5.16. The van der Waals surface area contributed by atoms with Crippen LogP contribution >= 0.6 is 11.6 Å². The standard InChI is InChI=1S/C20H21ClN4O2/c1-14(27-17-9-7-16(21)8-10-17)20(26)24-11-4-5-15(13-24)19-23-22-18-6-2-3-12-25(18)19/h2-3,6-10,12,14-15H,4-5,11,13H2,1H3. The lowest BCUT2D eigenvalue weighted by Crippen LogP contribution is -2.45. The maximum atomic E-state index is 12.9. The number of halogens is 1. The number of hydrogen-bond acceptors (Lipinski definition) is 4. The Kier molecular flexibility index (Phi) is 4.99. The molecule has 7 heteroatoms. The van der Waals surface area contributed by atoms with Crippen LogP contribution in [0.15, 0.2) is 48.7 Å². The van der Waals surface area contributed by atoms with Crippen molar-refractivity contribution in [2.75, 3.05) is 13.1 Å². The van der Waals surface area contributed by atoms with Crippen molar-refractivity contribution >= 4 is 23.2 Å². The molecule has 2 aromatic heterocycles. The van der Waals surface area contributed by atoms with Crippen molar-refractivity contribution in [3.05, 3.63) is 59.5 Å². The summed E-state index contributed by atoms with van der Waals surface area (Å²) in [5.41, 5.74) is 0.829. The van der Waals surface area contributed by atoms with Gasteiger partial charge in [-0.15, -0.1) is 10.2 Å². The van der Waals surface area contributed by atoms with Crippen LogP contribution in [0.3, 0.4) is 0 Å². The lowest BCUT2D eigenvalue weighted by Gasteiger charge is -2.33. The minimum Gasteiger partial charge on any atom is -0.481 e. The van der Waals surface area contributed by atoms with E-state index in [-0.39, 0.29) is 11.8 Å². The zero-order chi connectivity index (χ0) is 18.8. The van der Waals surface area contributed by atoms with Crippen molar-refractivity contribution in [3.63, 3.8) is 0 Å². The van der Waals surface area contributed by atoms with E-state index in [9.17, 15) is 4.79 Å². The predicted molar refractivity (Wildman–Crippen MR) is 103 cm³/mol. The van der Waals surface area contributed by atoms with Gasteiger partial charge in [0.25, 0.3) is 5.91 Å². The van der Waals surface area contributed by atoms with E-state index in [1.165, 1.54) is 0 Å². The first-order chi connectivity index (χ1) is 13.1. The number of rotatable bonds is 4. The number of fused-ring (bicyclic) bond motifs is 1. The average molecular weight is 385 g/mol. The molecule has 6 nitrogen and oxygen atoms in total. The fourth-order valence-electron chi connectivity index (χ4n) is 3.55. The molecule has 1 saturated heterocycles. The number of aromatic nitrogens is 3. The molecule has 1 aromatic carbocycles. The van der Waals surface area contributed by atoms with E-state index in [1.54, 1.807) is 31.2 Å². The Morgan fingerprint density at radius 1 is 1.22 bits per heavy atom. The first kappa shape index (κ1) is 17.8. The van der Waals surface area contributed by atoms with Crippen molar-refractivity contribution < 1.29 is 9.53 Å². The minimum absolute atomic E-state index is 0.0107. The van der Waals surface area contributed by atoms with Crippen molar-refractivity contribution in [2.45, 2.75) is 31.8 Å². The molecule has 140 valence electrons. The van der Waals surface area contributed by atoms with Crippen LogP contribution in [0.2, 0.25) is 5.02 Å². The third kappa shape index (κ3) is 3.76. The summed E-state index contributed by atoms with van der Waals surface area (Å²) in [6.07, 6.45) is 3.34. The minimum atomic E-state index is -0.555. The highest BCUT2D eigenvalue weighted by Crippen LogP contribution is 2.27. The van der Waals surface area contributed by atoms with Gasteiger partial charge >= 0.3 is 0 Å². The molecule has 0 aliphatic carbocycles. The van der Waals surface area contributed by atoms with Gasteiger partial charge in [-0.05, 0) is 56.2 Å². The normalized spacial score (nSPS) is 18.4. The predicted octanol–water partition coefficient (Wildman–Crippen LogP) is 3.56. The van der Waals surface area contributed by atoms with Gasteiger partial charge in [0.15, 0.2) is 11.8 Å². The second kappa shape index (κ2) is 7.56. The van der Waals surface area contributed by atoms with Crippen LogP contribution in [-0.4, -0.2) is 44.6 Å². The van der Waals surface area contributed by atoms with Gasteiger partial charge in [-0.25, -0.2) is 0 Å². The van der Waals surface area contributed by atoms with Gasteiger partial charge in [0, 0.05) is 30.2 Å². The molecule has 0 N–H and O–H groups in total. The van der Waals surface area contributed by atoms with Crippen LogP contribution in [-0.2, 0) is 4.79 Å². The second-order valence-corrected chi connectivity index (χ2v) is 7.26. The number of nitrogens with zero attached hydrogens (tertiary/aromatic N) is 4. The smallest absolute Gasteiger partial charge is 0.263 e. The summed E-state index contributed by atoms with van der Waals surface area (Å²) < 4.78 is 7.80. The van der Waals surface area contributed by atoms with Crippen LogP contribution in [0.5, 0.6) is 5.75 Å². The summed E-state index contributed by atoms with van der Waals surface area (Å²) in [5, 5.41) is 9.24. The number of amides is 1. The van der Waals surface area contributed by atoms with E-state index in [0.29, 0.717) is 17.3 Å². The molecule has 1 aliphatic rings. The molecule has 1 amide bonds. The summed E-state index contributed by atoms with van der Waals surface area (Å²) in [6.45, 7) is 3.15. The molecule has 1 fully saturated rings. The SMILES string of the molecule is CC(Oc1ccc(Cl)cc1)C(=O)N1CCCC(c2nnc3ccccn23)C1. The van der Waals surface area contributed by atoms with Crippen LogP contribution in [0, 0.1) is 0 Å². The molecule has 4 rings (SSSR count). The molecule has 27 heavy (non-hydrogen) atoms. The van der Waals surface area contributed by atoms with Gasteiger partial charge in [-0.2, -0.15) is 0 Å². The number of pyridine rings is 1. The Morgan fingerprint density at radius 2 is 2.04 bits per heavy atom. The fourth-order valence-corrected chi connectivity index (χ4v) is 3.68. The highest BCUT2D eigenvalue weighted by Gasteiger charge is 2.30. The molecule has 0 bridgehead atoms. The Labute approximate surface area is 162 Å². The summed E-state index contributed by atoms with van der Waals surface area (Å²) in [5.74, 6) is 1.71. The summed E-state index contributed by atoms with van der Waals surface area (Å²) >= 11 is 5.90. The molecule has 1 aliphatic heterocycles. The molecule has 3 heterocycles. The molecule has 0 saturated carbocycles. The van der Waals surface area contributed by atoms with Gasteiger partial charge in [0.05, 0.1) is 0 Å². The number of likely N-dealkylation sites (tertiary alicyclic amines) is 1. The van der Waals surface area contributed by atoms with Gasteiger partial charge in [0.1, 0.15) is 11.6 Å². The van der Waals surface area contributed by atoms with Crippen molar-refractivity contribution in [2.24, 2.45) is 0 Å². The van der Waals surface area contributed by atoms with Crippen molar-refractivity contribution in [3.8, 4) is 5.75 Å². The third-order valence-electron chi connectivity index (χ3n) is 4.91. The Hall–Kier alpha value is -2.60. The average Bonchev–Trinajstić information content (AvgIpc) is 3.13. The van der Waals surface area contributed by atoms with Crippen molar-refractivity contribution in [1.29, 1.82) is 0 Å². The maximum Gasteiger partial charge on any atom is 0.263 e. The van der Waals surface area contributed by atoms with E-state index in [4.69, 9.17) is 16.3 Å². The van der Waals surface area contributed by atoms with E-state index in [1.807, 2.05) is 33.7 Å². The lowest BCUT2D eigenvalue weighted by atomic mass is 9.97. The fraction of sp³-hybridized carbons (Fsp3) is 0.350. The summed E-state index contributed by atoms with van der Waals surface area (Å²) in [6, 6.07) is 12.9. The first-order valence-corrected chi connectivity index (χ1v) is 9.50. The topological polar surface area (TPSA) is 59.7 Å². The second-order valence-electron chi connectivity index (χ2n) is 6.82. The van der Waals surface area contributed by atoms with Crippen LogP contribution in [0.1, 0.15) is 31.5 Å². The van der Waals surface area contributed by atoms with Crippen LogP contribution < -0.4 is 4.74 Å². The van der Waals surface area contributed by atoms with Gasteiger partial charge in [0.2, 0.25) is 0 Å². The lowest BCUT2D eigenvalue weighted by molar-refractivity contribution is -0.139. The molecule has 0 spiro atoms. The number of piperidine rings is 1. The molecule has 3 aromatic rings. The first-order valence-electron chi connectivity index (χ1n) is 9.12. The van der Waals surface area contributed by atoms with E-state index >= 15 is 0 Å². The van der Waals surface area contributed by atoms with E-state index < -0.39 is 6.10 Å². The van der Waals surface area contributed by atoms with E-state index in [2.05, 4.69) is 10.2 Å². The molecule has 2 atom stereocenters. The number of ether oxygens (including phenoxy) is 1. The van der Waals surface area contributed by atoms with Crippen LogP contribution in [0.4, 0.5) is 0 Å². The number of carbonyl (C=O) groups is 1. The van der Waals surface area contributed by atoms with Gasteiger partial charge in [-0.1, -0.05) is 17.7 Å². The maximum absolute atomic E-state index is 12.9. The number of benzene rings is 1. The highest BCUT2D eigenvalue weighted by atomic mass is 35.5. The summed E-state index contributed by atoms with van der Waals surface area (Å²) in [4.78, 5) is 14.8. The van der Waals surface area contributed by atoms with E-state index in [0.717, 1.165) is 30.9 Å². The van der Waals surface area contributed by atoms with Crippen molar-refractivity contribution in [1.82, 2.24) is 19.5 Å². The summed E-state index contributed by atoms with van der Waals surface area (Å²) in [7, 11) is 0. The Balaban J connectivity index is 1.45. The largest absolute Gasteiger partial charge is 0.481 e. The number of hydrogen-bond donors (Lipinski definition) is 0. The van der Waals surface area contributed by atoms with Gasteiger partial charge < -0.3 is 9.64 Å². The number of carbonyl (C=O) groups excluding carboxylic acids is 1. The Morgan fingerprint density at radius 3 is 2.85 bits per heavy atom.